The van der Waals surface area contributed by atoms with E-state index in [-0.39, 0.29) is 11.7 Å². The van der Waals surface area contributed by atoms with Crippen LogP contribution in [0.15, 0.2) is 36.4 Å². The summed E-state index contributed by atoms with van der Waals surface area (Å²) in [6.07, 6.45) is 0. The molecule has 0 radical (unpaired) electrons. The molecule has 0 saturated carbocycles. The summed E-state index contributed by atoms with van der Waals surface area (Å²) < 4.78 is 13.4. The zero-order valence-corrected chi connectivity index (χ0v) is 11.0. The fraction of sp³-hybridized carbons (Fsp3) is 0.0714. The van der Waals surface area contributed by atoms with Gasteiger partial charge in [0, 0.05) is 27.5 Å². The van der Waals surface area contributed by atoms with Crippen molar-refractivity contribution in [2.75, 3.05) is 11.1 Å². The standard InChI is InChI=1S/C14H12ClFN2O/c1-8-12(16)3-2-4-13(8)18-14(19)9-5-10(15)7-11(17)6-9/h2-7H,17H2,1H3,(H,18,19). The van der Waals surface area contributed by atoms with Crippen LogP contribution in [0.4, 0.5) is 15.8 Å². The van der Waals surface area contributed by atoms with Gasteiger partial charge in [-0.25, -0.2) is 4.39 Å². The highest BCUT2D eigenvalue weighted by Gasteiger charge is 2.10. The molecule has 0 aliphatic rings. The summed E-state index contributed by atoms with van der Waals surface area (Å²) in [5.41, 5.74) is 7.14. The molecule has 5 heteroatoms. The van der Waals surface area contributed by atoms with E-state index < -0.39 is 0 Å². The largest absolute Gasteiger partial charge is 0.399 e. The summed E-state index contributed by atoms with van der Waals surface area (Å²) >= 11 is 5.83. The van der Waals surface area contributed by atoms with Crippen LogP contribution in [-0.4, -0.2) is 5.91 Å². The van der Waals surface area contributed by atoms with Gasteiger partial charge in [-0.2, -0.15) is 0 Å². The van der Waals surface area contributed by atoms with E-state index in [1.807, 2.05) is 0 Å². The minimum Gasteiger partial charge on any atom is -0.399 e. The zero-order chi connectivity index (χ0) is 14.0. The first-order valence-corrected chi connectivity index (χ1v) is 5.97. The average Bonchev–Trinajstić information content (AvgIpc) is 2.33. The lowest BCUT2D eigenvalue weighted by atomic mass is 10.1. The van der Waals surface area contributed by atoms with Gasteiger partial charge in [-0.15, -0.1) is 0 Å². The molecule has 0 heterocycles. The normalized spacial score (nSPS) is 10.3. The van der Waals surface area contributed by atoms with Crippen molar-refractivity contribution in [1.82, 2.24) is 0 Å². The highest BCUT2D eigenvalue weighted by atomic mass is 35.5. The van der Waals surface area contributed by atoms with Crippen LogP contribution in [0.5, 0.6) is 0 Å². The van der Waals surface area contributed by atoms with Gasteiger partial charge in [0.25, 0.3) is 5.91 Å². The Morgan fingerprint density at radius 3 is 2.74 bits per heavy atom. The maximum atomic E-state index is 13.4. The Morgan fingerprint density at radius 2 is 2.05 bits per heavy atom. The Hall–Kier alpha value is -2.07. The average molecular weight is 279 g/mol. The second kappa shape index (κ2) is 5.28. The zero-order valence-electron chi connectivity index (χ0n) is 10.2. The summed E-state index contributed by atoms with van der Waals surface area (Å²) in [4.78, 5) is 12.0. The molecule has 0 saturated heterocycles. The number of hydrogen-bond donors (Lipinski definition) is 2. The van der Waals surface area contributed by atoms with Gasteiger partial charge in [0.15, 0.2) is 0 Å². The van der Waals surface area contributed by atoms with Crippen molar-refractivity contribution in [2.45, 2.75) is 6.92 Å². The van der Waals surface area contributed by atoms with Crippen molar-refractivity contribution >= 4 is 28.9 Å². The number of carbonyl (C=O) groups excluding carboxylic acids is 1. The molecule has 3 N–H and O–H groups in total. The van der Waals surface area contributed by atoms with E-state index in [0.29, 0.717) is 27.5 Å². The molecule has 19 heavy (non-hydrogen) atoms. The Bertz CT molecular complexity index is 623. The number of nitrogens with two attached hydrogens (primary N) is 1. The molecular weight excluding hydrogens is 267 g/mol. The number of rotatable bonds is 2. The predicted octanol–water partition coefficient (Wildman–Crippen LogP) is 3.62. The van der Waals surface area contributed by atoms with E-state index in [1.54, 1.807) is 19.1 Å². The second-order valence-corrected chi connectivity index (χ2v) is 4.58. The molecule has 0 spiro atoms. The fourth-order valence-electron chi connectivity index (χ4n) is 1.68. The molecule has 3 nitrogen and oxygen atoms in total. The molecule has 1 amide bonds. The minimum absolute atomic E-state index is 0.327. The van der Waals surface area contributed by atoms with Gasteiger partial charge in [0.2, 0.25) is 0 Å². The second-order valence-electron chi connectivity index (χ2n) is 4.14. The Morgan fingerprint density at radius 1 is 1.32 bits per heavy atom. The van der Waals surface area contributed by atoms with Crippen molar-refractivity contribution in [1.29, 1.82) is 0 Å². The van der Waals surface area contributed by atoms with Crippen LogP contribution in [0.3, 0.4) is 0 Å². The number of nitrogens with one attached hydrogen (secondary N) is 1. The van der Waals surface area contributed by atoms with Crippen molar-refractivity contribution in [3.8, 4) is 0 Å². The molecule has 2 aromatic rings. The lowest BCUT2D eigenvalue weighted by Crippen LogP contribution is -2.13. The van der Waals surface area contributed by atoms with Crippen LogP contribution < -0.4 is 11.1 Å². The van der Waals surface area contributed by atoms with Crippen LogP contribution >= 0.6 is 11.6 Å². The fourth-order valence-corrected chi connectivity index (χ4v) is 1.92. The molecule has 0 aromatic heterocycles. The van der Waals surface area contributed by atoms with Crippen LogP contribution in [-0.2, 0) is 0 Å². The molecule has 2 aromatic carbocycles. The molecule has 0 unspecified atom stereocenters. The smallest absolute Gasteiger partial charge is 0.255 e. The van der Waals surface area contributed by atoms with Gasteiger partial charge in [-0.1, -0.05) is 17.7 Å². The summed E-state index contributed by atoms with van der Waals surface area (Å²) in [6, 6.07) is 9.06. The lowest BCUT2D eigenvalue weighted by molar-refractivity contribution is 0.102. The number of nitrogen functional groups attached to an aromatic ring is 1. The molecule has 98 valence electrons. The molecule has 0 bridgehead atoms. The Balaban J connectivity index is 2.28. The van der Waals surface area contributed by atoms with E-state index in [0.717, 1.165) is 0 Å². The Kier molecular flexibility index (Phi) is 3.71. The summed E-state index contributed by atoms with van der Waals surface area (Å²) in [5, 5.41) is 3.00. The molecule has 0 atom stereocenters. The van der Waals surface area contributed by atoms with Gasteiger partial charge in [0.1, 0.15) is 5.82 Å². The lowest BCUT2D eigenvalue weighted by Gasteiger charge is -2.09. The predicted molar refractivity (Wildman–Crippen MR) is 75.0 cm³/mol. The number of amides is 1. The third kappa shape index (κ3) is 3.03. The van der Waals surface area contributed by atoms with E-state index in [9.17, 15) is 9.18 Å². The molecule has 2 rings (SSSR count). The number of hydrogen-bond acceptors (Lipinski definition) is 2. The van der Waals surface area contributed by atoms with Gasteiger partial charge in [-0.3, -0.25) is 4.79 Å². The minimum atomic E-state index is -0.386. The van der Waals surface area contributed by atoms with E-state index in [4.69, 9.17) is 17.3 Å². The van der Waals surface area contributed by atoms with Crippen LogP contribution in [0.2, 0.25) is 5.02 Å². The molecule has 0 aliphatic carbocycles. The van der Waals surface area contributed by atoms with Gasteiger partial charge < -0.3 is 11.1 Å². The third-order valence-electron chi connectivity index (χ3n) is 2.70. The number of anilines is 2. The SMILES string of the molecule is Cc1c(F)cccc1NC(=O)c1cc(N)cc(Cl)c1. The highest BCUT2D eigenvalue weighted by molar-refractivity contribution is 6.31. The van der Waals surface area contributed by atoms with E-state index in [2.05, 4.69) is 5.32 Å². The quantitative estimate of drug-likeness (QED) is 0.824. The first-order chi connectivity index (χ1) is 8.97. The first kappa shape index (κ1) is 13.4. The molecule has 0 fully saturated rings. The van der Waals surface area contributed by atoms with Gasteiger partial charge in [-0.05, 0) is 37.3 Å². The Labute approximate surface area is 115 Å². The van der Waals surface area contributed by atoms with E-state index >= 15 is 0 Å². The van der Waals surface area contributed by atoms with Crippen molar-refractivity contribution in [3.63, 3.8) is 0 Å². The van der Waals surface area contributed by atoms with Crippen molar-refractivity contribution in [2.24, 2.45) is 0 Å². The van der Waals surface area contributed by atoms with Crippen LogP contribution in [0, 0.1) is 12.7 Å². The third-order valence-corrected chi connectivity index (χ3v) is 2.92. The van der Waals surface area contributed by atoms with E-state index in [1.165, 1.54) is 24.3 Å². The van der Waals surface area contributed by atoms with Crippen LogP contribution in [0.25, 0.3) is 0 Å². The summed E-state index contributed by atoms with van der Waals surface area (Å²) in [6.45, 7) is 1.59. The highest BCUT2D eigenvalue weighted by Crippen LogP contribution is 2.20. The molecular formula is C14H12ClFN2O. The van der Waals surface area contributed by atoms with Gasteiger partial charge in [0.05, 0.1) is 0 Å². The van der Waals surface area contributed by atoms with Crippen LogP contribution in [0.1, 0.15) is 15.9 Å². The maximum absolute atomic E-state index is 13.4. The topological polar surface area (TPSA) is 55.1 Å². The monoisotopic (exact) mass is 278 g/mol. The molecule has 0 aliphatic heterocycles. The number of benzene rings is 2. The number of halogens is 2. The van der Waals surface area contributed by atoms with Crippen molar-refractivity contribution < 1.29 is 9.18 Å². The maximum Gasteiger partial charge on any atom is 0.255 e. The van der Waals surface area contributed by atoms with Gasteiger partial charge >= 0.3 is 0 Å². The number of carbonyl (C=O) groups is 1. The summed E-state index contributed by atoms with van der Waals surface area (Å²) in [5.74, 6) is -0.758. The first-order valence-electron chi connectivity index (χ1n) is 5.60. The van der Waals surface area contributed by atoms with Crippen molar-refractivity contribution in [3.05, 3.63) is 58.4 Å². The summed E-state index contributed by atoms with van der Waals surface area (Å²) in [7, 11) is 0.